The summed E-state index contributed by atoms with van der Waals surface area (Å²) in [7, 11) is 0. The van der Waals surface area contributed by atoms with Crippen LogP contribution in [0.3, 0.4) is 0 Å². The molecule has 6 nitrogen and oxygen atoms in total. The van der Waals surface area contributed by atoms with Gasteiger partial charge < -0.3 is 28.0 Å². The summed E-state index contributed by atoms with van der Waals surface area (Å²) >= 11 is 6.76. The van der Waals surface area contributed by atoms with Crippen molar-refractivity contribution >= 4 is 36.3 Å². The summed E-state index contributed by atoms with van der Waals surface area (Å²) in [5.41, 5.74) is 5.18. The summed E-state index contributed by atoms with van der Waals surface area (Å²) in [6.07, 6.45) is 1.46. The van der Waals surface area contributed by atoms with Crippen LogP contribution in [0.4, 0.5) is 0 Å². The Labute approximate surface area is 201 Å². The molecule has 2 N–H and O–H groups in total. The maximum absolute atomic E-state index is 11.6. The molecule has 0 saturated carbocycles. The number of aryl methyl sites for hydroxylation is 1. The summed E-state index contributed by atoms with van der Waals surface area (Å²) in [6.45, 7) is 7.47. The molecular formula is C21H28N3O3PdS2-. The Morgan fingerprint density at radius 3 is 2.53 bits per heavy atom. The number of aromatic nitrogens is 1. The summed E-state index contributed by atoms with van der Waals surface area (Å²) in [5.74, 6) is 0.0663. The first kappa shape index (κ1) is 26.8. The van der Waals surface area contributed by atoms with Crippen LogP contribution >= 0.6 is 11.3 Å². The number of carbonyl (C=O) groups excluding carboxylic acids is 2. The minimum Gasteiger partial charge on any atom is -0.786 e. The van der Waals surface area contributed by atoms with Crippen molar-refractivity contribution in [2.75, 3.05) is 13.1 Å². The van der Waals surface area contributed by atoms with Crippen LogP contribution in [0.1, 0.15) is 37.9 Å². The molecule has 2 heterocycles. The van der Waals surface area contributed by atoms with Crippen LogP contribution in [0.25, 0.3) is 10.4 Å². The molecule has 0 aliphatic carbocycles. The van der Waals surface area contributed by atoms with Gasteiger partial charge in [-0.15, -0.1) is 16.1 Å². The van der Waals surface area contributed by atoms with Crippen molar-refractivity contribution in [2.45, 2.75) is 51.0 Å². The van der Waals surface area contributed by atoms with E-state index in [-0.39, 0.29) is 37.2 Å². The van der Waals surface area contributed by atoms with Crippen molar-refractivity contribution in [2.24, 2.45) is 0 Å². The van der Waals surface area contributed by atoms with E-state index in [4.69, 9.17) is 12.6 Å². The molecule has 1 aromatic heterocycles. The van der Waals surface area contributed by atoms with Crippen LogP contribution in [-0.2, 0) is 49.2 Å². The number of nitrogens with one attached hydrogen (secondary N) is 1. The van der Waals surface area contributed by atoms with Gasteiger partial charge in [-0.25, -0.2) is 4.98 Å². The standard InChI is InChI=1S/C12H12N2OS.C9H17NO2S.Pd/c1-9-12(16-8-14-9)11-4-2-10(3-5-11)6-13-7-15;1-9(2,13)5-8(12)10-4-3-7(11)6-10;/h2-5,7-8H,6H2,1H3,(H,13,15);7,11,13H,3-6H2,1-2H3;/p-1. The van der Waals surface area contributed by atoms with Gasteiger partial charge in [-0.1, -0.05) is 38.1 Å². The van der Waals surface area contributed by atoms with E-state index in [1.165, 1.54) is 10.4 Å². The molecule has 9 heteroatoms. The van der Waals surface area contributed by atoms with E-state index in [2.05, 4.69) is 22.4 Å². The number of likely N-dealkylation sites (tertiary alicyclic amines) is 1. The second-order valence-corrected chi connectivity index (χ2v) is 9.64. The number of carbonyl (C=O) groups is 2. The largest absolute Gasteiger partial charge is 0.786 e. The predicted molar refractivity (Wildman–Crippen MR) is 118 cm³/mol. The second-order valence-electron chi connectivity index (χ2n) is 7.68. The number of amides is 2. The summed E-state index contributed by atoms with van der Waals surface area (Å²) < 4.78 is -0.370. The normalized spacial score (nSPS) is 15.6. The molecule has 0 spiro atoms. The van der Waals surface area contributed by atoms with E-state index >= 15 is 0 Å². The molecule has 3 rings (SSSR count). The Balaban J connectivity index is 0.000000297. The van der Waals surface area contributed by atoms with Gasteiger partial charge in [-0.3, -0.25) is 9.59 Å². The number of aliphatic hydroxyl groups excluding tert-OH is 1. The summed E-state index contributed by atoms with van der Waals surface area (Å²) in [6, 6.07) is 8.15. The number of aliphatic hydroxyl groups is 1. The van der Waals surface area contributed by atoms with Crippen LogP contribution in [-0.4, -0.2) is 51.2 Å². The van der Waals surface area contributed by atoms with Gasteiger partial charge in [0, 0.05) is 46.5 Å². The van der Waals surface area contributed by atoms with Crippen LogP contribution < -0.4 is 5.32 Å². The first-order chi connectivity index (χ1) is 13.7. The van der Waals surface area contributed by atoms with Gasteiger partial charge >= 0.3 is 0 Å². The number of nitrogens with zero attached hydrogens (tertiary/aromatic N) is 2. The van der Waals surface area contributed by atoms with Crippen molar-refractivity contribution in [3.8, 4) is 10.4 Å². The molecule has 1 atom stereocenters. The Morgan fingerprint density at radius 1 is 1.40 bits per heavy atom. The molecule has 2 aromatic rings. The SMILES string of the molecule is CC(C)([S-])CC(=O)N1CCC(O)C1.Cc1ncsc1-c1ccc(CNC=O)cc1.[Pd]. The van der Waals surface area contributed by atoms with Crippen molar-refractivity contribution in [3.63, 3.8) is 0 Å². The molecule has 168 valence electrons. The van der Waals surface area contributed by atoms with Crippen LogP contribution in [0.2, 0.25) is 0 Å². The quantitative estimate of drug-likeness (QED) is 0.334. The van der Waals surface area contributed by atoms with Gasteiger partial charge in [-0.05, 0) is 24.5 Å². The fourth-order valence-electron chi connectivity index (χ4n) is 2.96. The third kappa shape index (κ3) is 8.86. The fraction of sp³-hybridized carbons (Fsp3) is 0.476. The number of hydrogen-bond donors (Lipinski definition) is 2. The number of rotatable bonds is 6. The molecule has 1 saturated heterocycles. The summed E-state index contributed by atoms with van der Waals surface area (Å²) in [5, 5.41) is 11.9. The third-order valence-corrected chi connectivity index (χ3v) is 5.57. The van der Waals surface area contributed by atoms with E-state index in [0.717, 1.165) is 11.3 Å². The van der Waals surface area contributed by atoms with E-state index in [0.29, 0.717) is 38.9 Å². The molecule has 1 aromatic carbocycles. The molecule has 0 bridgehead atoms. The van der Waals surface area contributed by atoms with E-state index in [9.17, 15) is 14.7 Å². The summed E-state index contributed by atoms with van der Waals surface area (Å²) in [4.78, 5) is 28.8. The van der Waals surface area contributed by atoms with Gasteiger partial charge in [0.2, 0.25) is 12.3 Å². The predicted octanol–water partition coefficient (Wildman–Crippen LogP) is 2.66. The number of benzene rings is 1. The van der Waals surface area contributed by atoms with E-state index < -0.39 is 0 Å². The first-order valence-corrected chi connectivity index (χ1v) is 10.8. The van der Waals surface area contributed by atoms with Crippen LogP contribution in [0.15, 0.2) is 29.8 Å². The average Bonchev–Trinajstić information content (AvgIpc) is 3.28. The Morgan fingerprint density at radius 2 is 2.07 bits per heavy atom. The van der Waals surface area contributed by atoms with Crippen molar-refractivity contribution in [3.05, 3.63) is 41.0 Å². The Kier molecular flexibility index (Phi) is 11.2. The Bertz CT molecular complexity index is 807. The van der Waals surface area contributed by atoms with Crippen LogP contribution in [0, 0.1) is 6.92 Å². The first-order valence-electron chi connectivity index (χ1n) is 9.52. The molecule has 1 unspecified atom stereocenters. The van der Waals surface area contributed by atoms with Crippen molar-refractivity contribution in [1.82, 2.24) is 15.2 Å². The smallest absolute Gasteiger partial charge is 0.221 e. The van der Waals surface area contributed by atoms with E-state index in [1.54, 1.807) is 16.2 Å². The fourth-order valence-corrected chi connectivity index (χ4v) is 3.89. The van der Waals surface area contributed by atoms with Gasteiger partial charge in [0.15, 0.2) is 0 Å². The van der Waals surface area contributed by atoms with Gasteiger partial charge in [0.1, 0.15) is 0 Å². The van der Waals surface area contributed by atoms with Crippen molar-refractivity contribution < 1.29 is 35.1 Å². The second kappa shape index (κ2) is 12.6. The van der Waals surface area contributed by atoms with Gasteiger partial charge in [0.25, 0.3) is 0 Å². The zero-order chi connectivity index (χ0) is 21.4. The number of thiazole rings is 1. The van der Waals surface area contributed by atoms with E-state index in [1.807, 2.05) is 38.4 Å². The molecule has 1 fully saturated rings. The zero-order valence-corrected chi connectivity index (χ0v) is 20.6. The number of hydrogen-bond acceptors (Lipinski definition) is 6. The molecule has 0 radical (unpaired) electrons. The average molecular weight is 541 g/mol. The molecular weight excluding hydrogens is 513 g/mol. The molecule has 1 aliphatic heterocycles. The minimum atomic E-state index is -0.370. The maximum atomic E-state index is 11.6. The molecule has 1 aliphatic rings. The van der Waals surface area contributed by atoms with Gasteiger partial charge in [-0.2, -0.15) is 0 Å². The maximum Gasteiger partial charge on any atom is 0.221 e. The monoisotopic (exact) mass is 540 g/mol. The molecule has 30 heavy (non-hydrogen) atoms. The third-order valence-electron chi connectivity index (χ3n) is 4.44. The number of β-amino-alcohol motifs (C(OH)–C–C–N with tert-alkyl or cyclic N) is 1. The zero-order valence-electron chi connectivity index (χ0n) is 17.4. The molecule has 2 amide bonds. The minimum absolute atomic E-state index is 0. The Hall–Kier alpha value is -1.24. The van der Waals surface area contributed by atoms with Gasteiger partial charge in [0.05, 0.1) is 22.2 Å². The van der Waals surface area contributed by atoms with Crippen molar-refractivity contribution in [1.29, 1.82) is 0 Å². The van der Waals surface area contributed by atoms with Crippen LogP contribution in [0.5, 0.6) is 0 Å². The topological polar surface area (TPSA) is 82.5 Å².